The summed E-state index contributed by atoms with van der Waals surface area (Å²) < 4.78 is 3.17. The minimum absolute atomic E-state index is 0.0416. The fourth-order valence-corrected chi connectivity index (χ4v) is 3.60. The van der Waals surface area contributed by atoms with Crippen molar-refractivity contribution >= 4 is 5.91 Å². The van der Waals surface area contributed by atoms with Crippen LogP contribution in [0.1, 0.15) is 34.6 Å². The molecule has 0 radical (unpaired) electrons. The van der Waals surface area contributed by atoms with Gasteiger partial charge >= 0.3 is 0 Å². The maximum Gasteiger partial charge on any atom is 0.266 e. The molecule has 1 aliphatic rings. The number of rotatable bonds is 4. The molecule has 3 aromatic rings. The van der Waals surface area contributed by atoms with Gasteiger partial charge < -0.3 is 4.90 Å². The summed E-state index contributed by atoms with van der Waals surface area (Å²) in [6, 6.07) is 3.08. The summed E-state index contributed by atoms with van der Waals surface area (Å²) >= 11 is 0. The molecule has 1 atom stereocenters. The molecule has 9 nitrogen and oxygen atoms in total. The number of carbonyl (C=O) groups is 1. The Morgan fingerprint density at radius 3 is 2.89 bits per heavy atom. The maximum absolute atomic E-state index is 13.0. The van der Waals surface area contributed by atoms with Crippen LogP contribution in [0, 0.1) is 13.8 Å². The predicted octanol–water partition coefficient (Wildman–Crippen LogP) is 1.07. The number of carbonyl (C=O) groups excluding carboxylic acids is 1. The summed E-state index contributed by atoms with van der Waals surface area (Å²) in [6.45, 7) is 4.70. The summed E-state index contributed by atoms with van der Waals surface area (Å²) in [6.07, 6.45) is 6.80. The Morgan fingerprint density at radius 1 is 1.33 bits per heavy atom. The minimum Gasteiger partial charge on any atom is -0.334 e. The van der Waals surface area contributed by atoms with E-state index < -0.39 is 0 Å². The largest absolute Gasteiger partial charge is 0.334 e. The van der Waals surface area contributed by atoms with Gasteiger partial charge in [-0.1, -0.05) is 0 Å². The van der Waals surface area contributed by atoms with Crippen molar-refractivity contribution in [3.8, 4) is 5.82 Å². The van der Waals surface area contributed by atoms with Crippen molar-refractivity contribution in [3.63, 3.8) is 0 Å². The van der Waals surface area contributed by atoms with E-state index in [1.54, 1.807) is 29.4 Å². The Bertz CT molecular complexity index is 999. The molecule has 27 heavy (non-hydrogen) atoms. The fourth-order valence-electron chi connectivity index (χ4n) is 3.60. The molecule has 0 bridgehead atoms. The zero-order valence-electron chi connectivity index (χ0n) is 15.3. The first-order valence-electron chi connectivity index (χ1n) is 8.93. The summed E-state index contributed by atoms with van der Waals surface area (Å²) in [7, 11) is 0. The summed E-state index contributed by atoms with van der Waals surface area (Å²) in [5.41, 5.74) is 1.89. The van der Waals surface area contributed by atoms with E-state index >= 15 is 0 Å². The molecule has 4 rings (SSSR count). The number of imidazole rings is 1. The molecular weight excluding hydrogens is 346 g/mol. The SMILES string of the molecule is Cc1n[nH]c(C)c1C(=O)N1CCCC1Cn1nc(-n2ccnc2)ccc1=O. The lowest BCUT2D eigenvalue weighted by Gasteiger charge is -2.25. The number of H-pyrrole nitrogens is 1. The third kappa shape index (κ3) is 3.16. The quantitative estimate of drug-likeness (QED) is 0.743. The topological polar surface area (TPSA) is 102 Å². The number of nitrogens with one attached hydrogen (secondary N) is 1. The zero-order valence-corrected chi connectivity index (χ0v) is 15.3. The normalized spacial score (nSPS) is 16.8. The third-order valence-corrected chi connectivity index (χ3v) is 4.99. The molecule has 1 saturated heterocycles. The van der Waals surface area contributed by atoms with E-state index in [4.69, 9.17) is 0 Å². The van der Waals surface area contributed by atoms with Gasteiger partial charge in [0.05, 0.1) is 23.8 Å². The van der Waals surface area contributed by atoms with Crippen LogP contribution in [0.4, 0.5) is 0 Å². The van der Waals surface area contributed by atoms with Crippen molar-refractivity contribution in [1.82, 2.24) is 34.4 Å². The zero-order chi connectivity index (χ0) is 19.0. The van der Waals surface area contributed by atoms with Gasteiger partial charge in [0.1, 0.15) is 6.33 Å². The lowest BCUT2D eigenvalue weighted by atomic mass is 10.1. The molecular formula is C18H21N7O2. The first kappa shape index (κ1) is 17.2. The molecule has 4 heterocycles. The van der Waals surface area contributed by atoms with Crippen LogP contribution in [0.2, 0.25) is 0 Å². The van der Waals surface area contributed by atoms with Gasteiger partial charge in [0.25, 0.3) is 11.5 Å². The van der Waals surface area contributed by atoms with Crippen LogP contribution in [-0.4, -0.2) is 52.9 Å². The molecule has 0 aliphatic carbocycles. The Balaban J connectivity index is 1.60. The first-order valence-corrected chi connectivity index (χ1v) is 8.93. The molecule has 1 aliphatic heterocycles. The number of aryl methyl sites for hydroxylation is 2. The van der Waals surface area contributed by atoms with Gasteiger partial charge in [-0.15, -0.1) is 0 Å². The molecule has 0 spiro atoms. The summed E-state index contributed by atoms with van der Waals surface area (Å²) in [5.74, 6) is 0.574. The van der Waals surface area contributed by atoms with Crippen LogP contribution in [0.15, 0.2) is 35.6 Å². The van der Waals surface area contributed by atoms with Crippen LogP contribution in [-0.2, 0) is 6.54 Å². The molecule has 9 heteroatoms. The number of likely N-dealkylation sites (tertiary alicyclic amines) is 1. The number of amides is 1. The van der Waals surface area contributed by atoms with Crippen molar-refractivity contribution in [2.75, 3.05) is 6.54 Å². The summed E-state index contributed by atoms with van der Waals surface area (Å²) in [5, 5.41) is 11.4. The van der Waals surface area contributed by atoms with Gasteiger partial charge in [0.15, 0.2) is 5.82 Å². The van der Waals surface area contributed by atoms with Crippen LogP contribution >= 0.6 is 0 Å². The van der Waals surface area contributed by atoms with Crippen molar-refractivity contribution in [2.24, 2.45) is 0 Å². The molecule has 1 unspecified atom stereocenters. The van der Waals surface area contributed by atoms with E-state index in [1.165, 1.54) is 10.7 Å². The number of nitrogens with zero attached hydrogens (tertiary/aromatic N) is 6. The highest BCUT2D eigenvalue weighted by molar-refractivity contribution is 5.96. The van der Waals surface area contributed by atoms with E-state index in [2.05, 4.69) is 20.3 Å². The number of aromatic nitrogens is 6. The van der Waals surface area contributed by atoms with Crippen LogP contribution in [0.25, 0.3) is 5.82 Å². The van der Waals surface area contributed by atoms with Crippen molar-refractivity contribution in [2.45, 2.75) is 39.3 Å². The van der Waals surface area contributed by atoms with Crippen molar-refractivity contribution in [1.29, 1.82) is 0 Å². The van der Waals surface area contributed by atoms with Crippen molar-refractivity contribution in [3.05, 3.63) is 58.2 Å². The molecule has 0 saturated carbocycles. The Morgan fingerprint density at radius 2 is 2.19 bits per heavy atom. The second-order valence-corrected chi connectivity index (χ2v) is 6.79. The number of hydrogen-bond donors (Lipinski definition) is 1. The molecule has 3 aromatic heterocycles. The second-order valence-electron chi connectivity index (χ2n) is 6.79. The van der Waals surface area contributed by atoms with E-state index in [0.29, 0.717) is 30.2 Å². The van der Waals surface area contributed by atoms with Gasteiger partial charge in [0, 0.05) is 30.7 Å². The highest BCUT2D eigenvalue weighted by Gasteiger charge is 2.32. The number of aromatic amines is 1. The Labute approximate surface area is 155 Å². The fraction of sp³-hybridized carbons (Fsp3) is 0.389. The van der Waals surface area contributed by atoms with Crippen LogP contribution < -0.4 is 5.56 Å². The smallest absolute Gasteiger partial charge is 0.266 e. The predicted molar refractivity (Wildman–Crippen MR) is 97.7 cm³/mol. The van der Waals surface area contributed by atoms with Gasteiger partial charge in [-0.2, -0.15) is 10.2 Å². The molecule has 140 valence electrons. The highest BCUT2D eigenvalue weighted by Crippen LogP contribution is 2.23. The highest BCUT2D eigenvalue weighted by atomic mass is 16.2. The van der Waals surface area contributed by atoms with E-state index in [0.717, 1.165) is 18.5 Å². The maximum atomic E-state index is 13.0. The second kappa shape index (κ2) is 6.82. The average molecular weight is 367 g/mol. The van der Waals surface area contributed by atoms with Crippen molar-refractivity contribution < 1.29 is 4.79 Å². The summed E-state index contributed by atoms with van der Waals surface area (Å²) in [4.78, 5) is 31.2. The van der Waals surface area contributed by atoms with Gasteiger partial charge in [-0.25, -0.2) is 9.67 Å². The average Bonchev–Trinajstić information content (AvgIpc) is 3.38. The van der Waals surface area contributed by atoms with Gasteiger partial charge in [0.2, 0.25) is 0 Å². The van der Waals surface area contributed by atoms with E-state index in [-0.39, 0.29) is 17.5 Å². The van der Waals surface area contributed by atoms with Crippen LogP contribution in [0.5, 0.6) is 0 Å². The third-order valence-electron chi connectivity index (χ3n) is 4.99. The Kier molecular flexibility index (Phi) is 4.35. The molecule has 1 fully saturated rings. The van der Waals surface area contributed by atoms with E-state index in [1.807, 2.05) is 18.7 Å². The number of hydrogen-bond acceptors (Lipinski definition) is 5. The molecule has 1 N–H and O–H groups in total. The lowest BCUT2D eigenvalue weighted by molar-refractivity contribution is 0.0719. The first-order chi connectivity index (χ1) is 13.0. The van der Waals surface area contributed by atoms with E-state index in [9.17, 15) is 9.59 Å². The molecule has 1 amide bonds. The standard InChI is InChI=1S/C18H21N7O2/c1-12-17(13(2)21-20-12)18(27)24-8-3-4-14(24)10-25-16(26)6-5-15(22-25)23-9-7-19-11-23/h5-7,9,11,14H,3-4,8,10H2,1-2H3,(H,20,21). The van der Waals surface area contributed by atoms with Gasteiger partial charge in [-0.3, -0.25) is 19.3 Å². The molecule has 0 aromatic carbocycles. The van der Waals surface area contributed by atoms with Gasteiger partial charge in [-0.05, 0) is 32.8 Å². The Hall–Kier alpha value is -3.23. The lowest BCUT2D eigenvalue weighted by Crippen LogP contribution is -2.41. The monoisotopic (exact) mass is 367 g/mol. The van der Waals surface area contributed by atoms with Crippen LogP contribution in [0.3, 0.4) is 0 Å². The minimum atomic E-state index is -0.186.